The van der Waals surface area contributed by atoms with Gasteiger partial charge in [0, 0.05) is 24.0 Å². The second kappa shape index (κ2) is 3.48. The first-order chi connectivity index (χ1) is 7.62. The number of aryl methyl sites for hydroxylation is 1. The van der Waals surface area contributed by atoms with Gasteiger partial charge in [0.1, 0.15) is 0 Å². The second-order valence-corrected chi connectivity index (χ2v) is 5.98. The summed E-state index contributed by atoms with van der Waals surface area (Å²) in [6.07, 6.45) is 2.41. The van der Waals surface area contributed by atoms with Crippen molar-refractivity contribution in [2.75, 3.05) is 13.1 Å². The first-order valence-electron chi connectivity index (χ1n) is 6.10. The molecule has 1 aliphatic carbocycles. The van der Waals surface area contributed by atoms with Gasteiger partial charge in [-0.25, -0.2) is 0 Å². The van der Waals surface area contributed by atoms with Crippen molar-refractivity contribution in [1.29, 1.82) is 0 Å². The molecule has 2 unspecified atom stereocenters. The van der Waals surface area contributed by atoms with Crippen LogP contribution in [0.3, 0.4) is 0 Å². The fraction of sp³-hybridized carbons (Fsp3) is 0.571. The number of halogens is 1. The molecular formula is C14H18ClN. The lowest BCUT2D eigenvalue weighted by Crippen LogP contribution is -2.30. The van der Waals surface area contributed by atoms with E-state index in [2.05, 4.69) is 31.3 Å². The van der Waals surface area contributed by atoms with Gasteiger partial charge in [-0.3, -0.25) is 0 Å². The van der Waals surface area contributed by atoms with Gasteiger partial charge in [-0.2, -0.15) is 0 Å². The maximum Gasteiger partial charge on any atom is 0.0470 e. The van der Waals surface area contributed by atoms with Crippen molar-refractivity contribution in [2.45, 2.75) is 32.6 Å². The van der Waals surface area contributed by atoms with Gasteiger partial charge in [0.05, 0.1) is 0 Å². The lowest BCUT2D eigenvalue weighted by Gasteiger charge is -2.37. The summed E-state index contributed by atoms with van der Waals surface area (Å²) in [5.41, 5.74) is 4.57. The molecule has 1 fully saturated rings. The summed E-state index contributed by atoms with van der Waals surface area (Å²) in [4.78, 5) is 0. The summed E-state index contributed by atoms with van der Waals surface area (Å²) >= 11 is 6.43. The predicted octanol–water partition coefficient (Wildman–Crippen LogP) is 3.29. The Balaban J connectivity index is 2.14. The Kier molecular flexibility index (Phi) is 2.31. The van der Waals surface area contributed by atoms with Crippen molar-refractivity contribution in [2.24, 2.45) is 5.41 Å². The van der Waals surface area contributed by atoms with Crippen LogP contribution in [0.15, 0.2) is 12.1 Å². The Morgan fingerprint density at radius 1 is 1.44 bits per heavy atom. The molecule has 1 saturated heterocycles. The van der Waals surface area contributed by atoms with Crippen molar-refractivity contribution < 1.29 is 0 Å². The quantitative estimate of drug-likeness (QED) is 0.728. The molecule has 1 aliphatic heterocycles. The van der Waals surface area contributed by atoms with E-state index in [-0.39, 0.29) is 0 Å². The summed E-state index contributed by atoms with van der Waals surface area (Å²) in [7, 11) is 0. The Morgan fingerprint density at radius 3 is 3.06 bits per heavy atom. The van der Waals surface area contributed by atoms with Gasteiger partial charge in [-0.05, 0) is 41.9 Å². The normalized spacial score (nSPS) is 32.3. The summed E-state index contributed by atoms with van der Waals surface area (Å²) in [6, 6.07) is 4.47. The zero-order valence-electron chi connectivity index (χ0n) is 9.94. The van der Waals surface area contributed by atoms with E-state index in [1.807, 2.05) is 0 Å². The van der Waals surface area contributed by atoms with Gasteiger partial charge in [-0.15, -0.1) is 0 Å². The maximum absolute atomic E-state index is 6.43. The number of fused-ring (bicyclic) bond motifs is 3. The molecule has 1 N–H and O–H groups in total. The van der Waals surface area contributed by atoms with Crippen LogP contribution < -0.4 is 5.32 Å². The molecule has 0 saturated carbocycles. The van der Waals surface area contributed by atoms with Crippen molar-refractivity contribution >= 4 is 11.6 Å². The predicted molar refractivity (Wildman–Crippen MR) is 68.2 cm³/mol. The number of hydrogen-bond acceptors (Lipinski definition) is 1. The Hall–Kier alpha value is -0.530. The van der Waals surface area contributed by atoms with Crippen LogP contribution in [0.2, 0.25) is 5.02 Å². The molecule has 1 aromatic rings. The highest BCUT2D eigenvalue weighted by Crippen LogP contribution is 2.49. The van der Waals surface area contributed by atoms with E-state index in [4.69, 9.17) is 11.6 Å². The molecule has 1 heterocycles. The van der Waals surface area contributed by atoms with E-state index in [1.165, 1.54) is 23.1 Å². The van der Waals surface area contributed by atoms with Crippen molar-refractivity contribution in [3.8, 4) is 0 Å². The number of nitrogens with one attached hydrogen (secondary N) is 1. The summed E-state index contributed by atoms with van der Waals surface area (Å²) < 4.78 is 0. The van der Waals surface area contributed by atoms with E-state index in [0.29, 0.717) is 11.3 Å². The van der Waals surface area contributed by atoms with Crippen molar-refractivity contribution in [3.05, 3.63) is 33.8 Å². The second-order valence-electron chi connectivity index (χ2n) is 5.60. The first-order valence-corrected chi connectivity index (χ1v) is 6.48. The van der Waals surface area contributed by atoms with Crippen LogP contribution in [-0.4, -0.2) is 13.1 Å². The molecule has 0 bridgehead atoms. The van der Waals surface area contributed by atoms with Gasteiger partial charge in [0.15, 0.2) is 0 Å². The summed E-state index contributed by atoms with van der Waals surface area (Å²) in [6.45, 7) is 6.78. The van der Waals surface area contributed by atoms with E-state index in [0.717, 1.165) is 24.5 Å². The monoisotopic (exact) mass is 235 g/mol. The Morgan fingerprint density at radius 2 is 2.25 bits per heavy atom. The Bertz CT molecular complexity index is 441. The lowest BCUT2D eigenvalue weighted by atomic mass is 9.67. The van der Waals surface area contributed by atoms with Gasteiger partial charge in [-0.1, -0.05) is 30.7 Å². The minimum absolute atomic E-state index is 0.450. The average Bonchev–Trinajstić information content (AvgIpc) is 2.65. The van der Waals surface area contributed by atoms with Gasteiger partial charge in [0.2, 0.25) is 0 Å². The van der Waals surface area contributed by atoms with Gasteiger partial charge < -0.3 is 5.32 Å². The minimum atomic E-state index is 0.450. The molecule has 2 heteroatoms. The van der Waals surface area contributed by atoms with Crippen LogP contribution in [0.4, 0.5) is 0 Å². The molecule has 0 amide bonds. The number of benzene rings is 1. The molecule has 16 heavy (non-hydrogen) atoms. The molecule has 2 atom stereocenters. The maximum atomic E-state index is 6.43. The highest BCUT2D eigenvalue weighted by Gasteiger charge is 2.43. The van der Waals surface area contributed by atoms with E-state index in [1.54, 1.807) is 0 Å². The summed E-state index contributed by atoms with van der Waals surface area (Å²) in [5.74, 6) is 0.661. The fourth-order valence-electron chi connectivity index (χ4n) is 3.36. The molecule has 0 aromatic heterocycles. The third-order valence-electron chi connectivity index (χ3n) is 4.51. The topological polar surface area (TPSA) is 12.0 Å². The zero-order valence-corrected chi connectivity index (χ0v) is 10.7. The van der Waals surface area contributed by atoms with Crippen molar-refractivity contribution in [1.82, 2.24) is 5.32 Å². The van der Waals surface area contributed by atoms with Crippen LogP contribution in [0.5, 0.6) is 0 Å². The Labute approximate surface area is 102 Å². The standard InChI is InChI=1S/C14H18ClN/c1-9-3-4-10-11(13(9)15)5-6-14(2)8-16-7-12(10)14/h3-4,12,16H,5-8H2,1-2H3. The van der Waals surface area contributed by atoms with Crippen LogP contribution in [0.25, 0.3) is 0 Å². The van der Waals surface area contributed by atoms with Crippen LogP contribution >= 0.6 is 11.6 Å². The number of rotatable bonds is 0. The SMILES string of the molecule is Cc1ccc2c(c1Cl)CCC1(C)CNCC21. The smallest absolute Gasteiger partial charge is 0.0470 e. The summed E-state index contributed by atoms with van der Waals surface area (Å²) in [5, 5.41) is 4.54. The number of hydrogen-bond donors (Lipinski definition) is 1. The largest absolute Gasteiger partial charge is 0.316 e. The molecule has 1 nitrogen and oxygen atoms in total. The molecule has 1 aromatic carbocycles. The van der Waals surface area contributed by atoms with Gasteiger partial charge >= 0.3 is 0 Å². The van der Waals surface area contributed by atoms with Gasteiger partial charge in [0.25, 0.3) is 0 Å². The van der Waals surface area contributed by atoms with E-state index in [9.17, 15) is 0 Å². The zero-order chi connectivity index (χ0) is 11.3. The van der Waals surface area contributed by atoms with E-state index >= 15 is 0 Å². The molecule has 3 rings (SSSR count). The van der Waals surface area contributed by atoms with Crippen LogP contribution in [-0.2, 0) is 6.42 Å². The van der Waals surface area contributed by atoms with Crippen molar-refractivity contribution in [3.63, 3.8) is 0 Å². The first kappa shape index (κ1) is 10.6. The average molecular weight is 236 g/mol. The third kappa shape index (κ3) is 1.34. The fourth-order valence-corrected chi connectivity index (χ4v) is 3.63. The molecule has 0 radical (unpaired) electrons. The molecule has 86 valence electrons. The molecular weight excluding hydrogens is 218 g/mol. The van der Waals surface area contributed by atoms with Crippen LogP contribution in [0, 0.1) is 12.3 Å². The highest BCUT2D eigenvalue weighted by atomic mass is 35.5. The van der Waals surface area contributed by atoms with Crippen LogP contribution in [0.1, 0.15) is 36.0 Å². The third-order valence-corrected chi connectivity index (χ3v) is 5.04. The minimum Gasteiger partial charge on any atom is -0.316 e. The molecule has 2 aliphatic rings. The lowest BCUT2D eigenvalue weighted by molar-refractivity contribution is 0.277. The highest BCUT2D eigenvalue weighted by molar-refractivity contribution is 6.32. The van der Waals surface area contributed by atoms with E-state index < -0.39 is 0 Å². The molecule has 0 spiro atoms.